The van der Waals surface area contributed by atoms with Crippen molar-refractivity contribution in [2.45, 2.75) is 23.6 Å². The summed E-state index contributed by atoms with van der Waals surface area (Å²) < 4.78 is 68.1. The number of benzene rings is 6. The average Bonchev–Trinajstić information content (AvgIpc) is 3.14. The molecule has 0 unspecified atom stereocenters. The van der Waals surface area contributed by atoms with Gasteiger partial charge in [-0.2, -0.15) is 16.8 Å². The van der Waals surface area contributed by atoms with Gasteiger partial charge in [0.15, 0.2) is 0 Å². The highest BCUT2D eigenvalue weighted by Crippen LogP contribution is 2.38. The van der Waals surface area contributed by atoms with E-state index in [1.165, 1.54) is 74.5 Å². The summed E-state index contributed by atoms with van der Waals surface area (Å²) in [4.78, 5) is 50.9. The molecule has 0 saturated carbocycles. The van der Waals surface area contributed by atoms with Crippen molar-refractivity contribution in [3.63, 3.8) is 0 Å². The minimum atomic E-state index is -4.88. The topological polar surface area (TPSA) is 266 Å². The van der Waals surface area contributed by atoms with E-state index in [2.05, 4.69) is 21.3 Å². The maximum absolute atomic E-state index is 13.3. The molecular weight excluding hydrogens is 769 g/mol. The number of rotatable bonds is 8. The second-order valence-electron chi connectivity index (χ2n) is 12.5. The second-order valence-corrected chi connectivity index (χ2v) is 15.2. The van der Waals surface area contributed by atoms with E-state index in [1.54, 1.807) is 24.3 Å². The van der Waals surface area contributed by atoms with Crippen LogP contribution >= 0.6 is 0 Å². The van der Waals surface area contributed by atoms with Gasteiger partial charge < -0.3 is 31.5 Å². The Labute approximate surface area is 318 Å². The largest absolute Gasteiger partial charge is 0.507 e. The Hall–Kier alpha value is -6.86. The number of aryl methyl sites for hydroxylation is 2. The first-order chi connectivity index (χ1) is 26.3. The molecule has 0 bridgehead atoms. The number of phenolic OH excluding ortho intramolecular Hbond substituents is 2. The number of nitrogens with one attached hydrogen (secondary N) is 4. The van der Waals surface area contributed by atoms with Crippen molar-refractivity contribution in [2.24, 2.45) is 0 Å². The minimum absolute atomic E-state index is 0.0240. The third-order valence-corrected chi connectivity index (χ3v) is 10.4. The molecule has 4 amide bonds. The molecule has 0 saturated heterocycles. The van der Waals surface area contributed by atoms with Crippen LogP contribution in [0.5, 0.6) is 11.5 Å². The lowest BCUT2D eigenvalue weighted by Crippen LogP contribution is -2.29. The molecule has 18 heteroatoms. The van der Waals surface area contributed by atoms with E-state index in [-0.39, 0.29) is 55.4 Å². The van der Waals surface area contributed by atoms with Crippen LogP contribution in [0.15, 0.2) is 107 Å². The quantitative estimate of drug-likeness (QED) is 0.0532. The van der Waals surface area contributed by atoms with Gasteiger partial charge in [0.25, 0.3) is 32.1 Å². The fourth-order valence-electron chi connectivity index (χ4n) is 5.95. The number of aromatic hydroxyl groups is 2. The summed E-state index contributed by atoms with van der Waals surface area (Å²) in [6.45, 7) is 3.08. The predicted molar refractivity (Wildman–Crippen MR) is 206 cm³/mol. The van der Waals surface area contributed by atoms with Gasteiger partial charge in [-0.05, 0) is 61.4 Å². The molecule has 0 spiro atoms. The van der Waals surface area contributed by atoms with Crippen LogP contribution in [0.4, 0.5) is 22.7 Å². The first-order valence-corrected chi connectivity index (χ1v) is 19.1. The summed E-state index contributed by atoms with van der Waals surface area (Å²) in [6.07, 6.45) is 0. The number of amides is 4. The molecule has 6 aromatic carbocycles. The number of fused-ring (bicyclic) bond motifs is 2. The summed E-state index contributed by atoms with van der Waals surface area (Å²) in [6, 6.07) is 21.8. The molecule has 8 N–H and O–H groups in total. The lowest BCUT2D eigenvalue weighted by molar-refractivity contribution is -0.133. The Bertz CT molecular complexity index is 2700. The Kier molecular flexibility index (Phi) is 10.2. The zero-order valence-electron chi connectivity index (χ0n) is 29.1. The number of hydrogen-bond acceptors (Lipinski definition) is 10. The van der Waals surface area contributed by atoms with Crippen molar-refractivity contribution in [3.05, 3.63) is 119 Å². The van der Waals surface area contributed by atoms with E-state index < -0.39 is 65.2 Å². The van der Waals surface area contributed by atoms with Gasteiger partial charge in [-0.15, -0.1) is 0 Å². The van der Waals surface area contributed by atoms with Crippen molar-refractivity contribution in [1.29, 1.82) is 0 Å². The monoisotopic (exact) mass is 798 g/mol. The Morgan fingerprint density at radius 2 is 0.821 bits per heavy atom. The third kappa shape index (κ3) is 7.84. The third-order valence-electron chi connectivity index (χ3n) is 8.69. The highest BCUT2D eigenvalue weighted by Gasteiger charge is 2.25. The first-order valence-electron chi connectivity index (χ1n) is 16.2. The molecule has 0 heterocycles. The molecule has 286 valence electrons. The maximum Gasteiger partial charge on any atom is 0.314 e. The molecule has 0 radical (unpaired) electrons. The summed E-state index contributed by atoms with van der Waals surface area (Å²) >= 11 is 0. The molecule has 0 aliphatic heterocycles. The van der Waals surface area contributed by atoms with Crippen LogP contribution in [-0.2, 0) is 29.8 Å². The number of carbonyl (C=O) groups is 4. The van der Waals surface area contributed by atoms with Gasteiger partial charge in [0, 0.05) is 56.2 Å². The maximum atomic E-state index is 13.3. The lowest BCUT2D eigenvalue weighted by Gasteiger charge is -2.15. The molecule has 0 aromatic heterocycles. The van der Waals surface area contributed by atoms with Crippen LogP contribution in [0.25, 0.3) is 21.5 Å². The van der Waals surface area contributed by atoms with Gasteiger partial charge in [-0.3, -0.25) is 28.3 Å². The predicted octanol–water partition coefficient (Wildman–Crippen LogP) is 5.60. The zero-order valence-corrected chi connectivity index (χ0v) is 30.7. The number of anilines is 4. The van der Waals surface area contributed by atoms with Crippen LogP contribution in [0, 0.1) is 13.8 Å². The van der Waals surface area contributed by atoms with Crippen molar-refractivity contribution in [2.75, 3.05) is 21.3 Å². The highest BCUT2D eigenvalue weighted by atomic mass is 32.2. The molecule has 6 rings (SSSR count). The number of phenols is 2. The van der Waals surface area contributed by atoms with Gasteiger partial charge in [0.1, 0.15) is 21.3 Å². The SMILES string of the molecule is Cc1cc(C(=O)Nc2c(S(=O)(=O)O)cc(O)c3ccccc23)ccc1NC(=O)C(=O)Nc1ccc(C(=O)Nc2c(S(=O)(=O)O)cc(O)c3ccccc23)cc1C. The Balaban J connectivity index is 1.15. The zero-order chi connectivity index (χ0) is 40.7. The van der Waals surface area contributed by atoms with Gasteiger partial charge in [-0.1, -0.05) is 48.5 Å². The van der Waals surface area contributed by atoms with Gasteiger partial charge in [-0.25, -0.2) is 0 Å². The van der Waals surface area contributed by atoms with Crippen LogP contribution in [-0.4, -0.2) is 59.8 Å². The van der Waals surface area contributed by atoms with Crippen molar-refractivity contribution in [3.8, 4) is 11.5 Å². The van der Waals surface area contributed by atoms with Crippen LogP contribution in [0.2, 0.25) is 0 Å². The van der Waals surface area contributed by atoms with E-state index >= 15 is 0 Å². The van der Waals surface area contributed by atoms with E-state index in [9.17, 15) is 55.3 Å². The summed E-state index contributed by atoms with van der Waals surface area (Å²) in [7, 11) is -9.76. The van der Waals surface area contributed by atoms with Crippen molar-refractivity contribution >= 4 is 88.2 Å². The summed E-state index contributed by atoms with van der Waals surface area (Å²) in [5, 5.41) is 31.2. The lowest BCUT2D eigenvalue weighted by atomic mass is 10.1. The Morgan fingerprint density at radius 1 is 0.482 bits per heavy atom. The number of hydrogen-bond donors (Lipinski definition) is 8. The van der Waals surface area contributed by atoms with Gasteiger partial charge >= 0.3 is 11.8 Å². The second kappa shape index (κ2) is 14.8. The molecule has 0 aliphatic carbocycles. The van der Waals surface area contributed by atoms with Crippen LogP contribution < -0.4 is 21.3 Å². The smallest absolute Gasteiger partial charge is 0.314 e. The molecule has 0 aliphatic rings. The van der Waals surface area contributed by atoms with Gasteiger partial charge in [0.2, 0.25) is 0 Å². The minimum Gasteiger partial charge on any atom is -0.507 e. The van der Waals surface area contributed by atoms with E-state index in [1.807, 2.05) is 0 Å². The number of carbonyl (C=O) groups excluding carboxylic acids is 4. The average molecular weight is 799 g/mol. The van der Waals surface area contributed by atoms with Crippen LogP contribution in [0.3, 0.4) is 0 Å². The highest BCUT2D eigenvalue weighted by molar-refractivity contribution is 7.86. The normalized spacial score (nSPS) is 11.6. The van der Waals surface area contributed by atoms with Crippen molar-refractivity contribution < 1.29 is 55.3 Å². The Morgan fingerprint density at radius 3 is 1.14 bits per heavy atom. The fraction of sp³-hybridized carbons (Fsp3) is 0.0526. The summed E-state index contributed by atoms with van der Waals surface area (Å²) in [5.41, 5.74) is 0.517. The molecule has 56 heavy (non-hydrogen) atoms. The first kappa shape index (κ1) is 38.9. The molecule has 16 nitrogen and oxygen atoms in total. The van der Waals surface area contributed by atoms with E-state index in [0.29, 0.717) is 11.1 Å². The molecule has 6 aromatic rings. The molecule has 0 atom stereocenters. The van der Waals surface area contributed by atoms with Crippen LogP contribution in [0.1, 0.15) is 31.8 Å². The van der Waals surface area contributed by atoms with E-state index in [4.69, 9.17) is 0 Å². The van der Waals surface area contributed by atoms with Gasteiger partial charge in [0.05, 0.1) is 11.4 Å². The van der Waals surface area contributed by atoms with Crippen molar-refractivity contribution in [1.82, 2.24) is 0 Å². The molecule has 0 fully saturated rings. The van der Waals surface area contributed by atoms with E-state index in [0.717, 1.165) is 12.1 Å². The fourth-order valence-corrected chi connectivity index (χ4v) is 7.31. The summed E-state index contributed by atoms with van der Waals surface area (Å²) in [5.74, 6) is -4.60. The molecular formula is C38H30N4O12S2. The standard InChI is InChI=1S/C38H30N4O12S2/c1-19-15-21(35(45)41-33-25-9-5-3-7-23(25)29(43)17-31(33)55(49,50)51)11-13-27(19)39-37(47)38(48)40-28-14-12-22(16-20(28)2)36(46)42-34-26-10-6-4-8-24(26)30(44)18-32(34)56(52,53)54/h3-18,43-44H,1-2H3,(H,39,47)(H,40,48)(H,41,45)(H,42,46)(H,49,50,51)(H,52,53,54).